The van der Waals surface area contributed by atoms with Crippen LogP contribution in [0.4, 0.5) is 0 Å². The first-order chi connectivity index (χ1) is 6.63. The Hall–Kier alpha value is -0.0400. The van der Waals surface area contributed by atoms with Gasteiger partial charge in [-0.15, -0.1) is 0 Å². The van der Waals surface area contributed by atoms with Crippen LogP contribution < -0.4 is 0 Å². The molecule has 0 aromatic heterocycles. The molecule has 0 bridgehead atoms. The molecule has 0 N–H and O–H groups in total. The van der Waals surface area contributed by atoms with E-state index in [2.05, 4.69) is 27.7 Å². The molecular weight excluding hydrogens is 172 g/mol. The number of unbranched alkanes of at least 4 members (excludes halogenated alkanes) is 2. The second-order valence-corrected chi connectivity index (χ2v) is 5.04. The summed E-state index contributed by atoms with van der Waals surface area (Å²) in [5.41, 5.74) is 0. The van der Waals surface area contributed by atoms with Gasteiger partial charge in [0, 0.05) is 13.2 Å². The summed E-state index contributed by atoms with van der Waals surface area (Å²) in [7, 11) is 0. The van der Waals surface area contributed by atoms with Crippen LogP contribution in [0.2, 0.25) is 0 Å². The molecule has 0 aliphatic heterocycles. The monoisotopic (exact) mass is 200 g/mol. The number of hydrogen-bond acceptors (Lipinski definition) is 1. The quantitative estimate of drug-likeness (QED) is 0.505. The van der Waals surface area contributed by atoms with E-state index in [1.54, 1.807) is 0 Å². The van der Waals surface area contributed by atoms with E-state index in [0.29, 0.717) is 0 Å². The molecule has 1 nitrogen and oxygen atoms in total. The molecule has 0 aliphatic carbocycles. The maximum Gasteiger partial charge on any atom is 0.0468 e. The maximum absolute atomic E-state index is 5.55. The lowest BCUT2D eigenvalue weighted by atomic mass is 10.1. The van der Waals surface area contributed by atoms with Crippen molar-refractivity contribution in [3.8, 4) is 0 Å². The zero-order chi connectivity index (χ0) is 10.8. The Labute approximate surface area is 90.2 Å². The summed E-state index contributed by atoms with van der Waals surface area (Å²) >= 11 is 0. The van der Waals surface area contributed by atoms with Crippen molar-refractivity contribution in [1.29, 1.82) is 0 Å². The van der Waals surface area contributed by atoms with Crippen LogP contribution in [0.1, 0.15) is 59.8 Å². The molecular formula is C13H28O. The molecule has 0 saturated heterocycles. The van der Waals surface area contributed by atoms with Crippen molar-refractivity contribution < 1.29 is 4.74 Å². The van der Waals surface area contributed by atoms with E-state index < -0.39 is 0 Å². The Morgan fingerprint density at radius 3 is 1.93 bits per heavy atom. The van der Waals surface area contributed by atoms with Gasteiger partial charge in [-0.2, -0.15) is 0 Å². The molecule has 0 fully saturated rings. The van der Waals surface area contributed by atoms with E-state index in [1.165, 1.54) is 32.1 Å². The smallest absolute Gasteiger partial charge is 0.0468 e. The van der Waals surface area contributed by atoms with Crippen LogP contribution in [0.15, 0.2) is 0 Å². The van der Waals surface area contributed by atoms with Gasteiger partial charge in [0.25, 0.3) is 0 Å². The third-order valence-electron chi connectivity index (χ3n) is 2.41. The van der Waals surface area contributed by atoms with Gasteiger partial charge in [0.15, 0.2) is 0 Å². The predicted octanol–water partition coefficient (Wildman–Crippen LogP) is 4.27. The SMILES string of the molecule is CC(C)CCCCCOCCC(C)C. The Bertz CT molecular complexity index is 93.8. The summed E-state index contributed by atoms with van der Waals surface area (Å²) in [5.74, 6) is 1.63. The van der Waals surface area contributed by atoms with Gasteiger partial charge in [-0.1, -0.05) is 47.0 Å². The van der Waals surface area contributed by atoms with E-state index in [4.69, 9.17) is 4.74 Å². The van der Waals surface area contributed by atoms with E-state index in [-0.39, 0.29) is 0 Å². The van der Waals surface area contributed by atoms with Crippen LogP contribution in [0, 0.1) is 11.8 Å². The van der Waals surface area contributed by atoms with E-state index in [0.717, 1.165) is 25.0 Å². The van der Waals surface area contributed by atoms with Gasteiger partial charge < -0.3 is 4.74 Å². The first-order valence-corrected chi connectivity index (χ1v) is 6.20. The summed E-state index contributed by atoms with van der Waals surface area (Å²) in [5, 5.41) is 0. The highest BCUT2D eigenvalue weighted by molar-refractivity contribution is 4.47. The lowest BCUT2D eigenvalue weighted by Crippen LogP contribution is -2.00. The lowest BCUT2D eigenvalue weighted by Gasteiger charge is -2.07. The molecule has 0 amide bonds. The van der Waals surface area contributed by atoms with Crippen LogP contribution >= 0.6 is 0 Å². The Kier molecular flexibility index (Phi) is 9.49. The first-order valence-electron chi connectivity index (χ1n) is 6.20. The zero-order valence-electron chi connectivity index (χ0n) is 10.5. The average molecular weight is 200 g/mol. The number of ether oxygens (including phenoxy) is 1. The highest BCUT2D eigenvalue weighted by Crippen LogP contribution is 2.08. The van der Waals surface area contributed by atoms with E-state index in [9.17, 15) is 0 Å². The largest absolute Gasteiger partial charge is 0.381 e. The highest BCUT2D eigenvalue weighted by atomic mass is 16.5. The van der Waals surface area contributed by atoms with Crippen molar-refractivity contribution in [2.24, 2.45) is 11.8 Å². The van der Waals surface area contributed by atoms with Crippen LogP contribution in [-0.2, 0) is 4.74 Å². The normalized spacial score (nSPS) is 11.6. The van der Waals surface area contributed by atoms with Crippen molar-refractivity contribution in [3.05, 3.63) is 0 Å². The van der Waals surface area contributed by atoms with Gasteiger partial charge in [0.05, 0.1) is 0 Å². The highest BCUT2D eigenvalue weighted by Gasteiger charge is 1.96. The fourth-order valence-electron chi connectivity index (χ4n) is 1.35. The fraction of sp³-hybridized carbons (Fsp3) is 1.00. The van der Waals surface area contributed by atoms with Crippen molar-refractivity contribution in [2.45, 2.75) is 59.8 Å². The summed E-state index contributed by atoms with van der Waals surface area (Å²) in [6.45, 7) is 11.0. The molecule has 0 aromatic rings. The maximum atomic E-state index is 5.55. The van der Waals surface area contributed by atoms with Crippen LogP contribution in [-0.4, -0.2) is 13.2 Å². The number of hydrogen-bond donors (Lipinski definition) is 0. The van der Waals surface area contributed by atoms with Crippen LogP contribution in [0.5, 0.6) is 0 Å². The topological polar surface area (TPSA) is 9.23 Å². The molecule has 0 aliphatic rings. The van der Waals surface area contributed by atoms with E-state index >= 15 is 0 Å². The molecule has 0 unspecified atom stereocenters. The lowest BCUT2D eigenvalue weighted by molar-refractivity contribution is 0.119. The standard InChI is InChI=1S/C13H28O/c1-12(2)8-6-5-7-10-14-11-9-13(3)4/h12-13H,5-11H2,1-4H3. The van der Waals surface area contributed by atoms with Gasteiger partial charge in [0.1, 0.15) is 0 Å². The van der Waals surface area contributed by atoms with Gasteiger partial charge in [-0.25, -0.2) is 0 Å². The number of rotatable bonds is 9. The Balaban J connectivity index is 2.92. The summed E-state index contributed by atoms with van der Waals surface area (Å²) < 4.78 is 5.55. The Morgan fingerprint density at radius 2 is 1.36 bits per heavy atom. The summed E-state index contributed by atoms with van der Waals surface area (Å²) in [6, 6.07) is 0. The molecule has 14 heavy (non-hydrogen) atoms. The first kappa shape index (κ1) is 14.0. The van der Waals surface area contributed by atoms with Crippen molar-refractivity contribution in [2.75, 3.05) is 13.2 Å². The molecule has 86 valence electrons. The molecule has 0 radical (unpaired) electrons. The average Bonchev–Trinajstić information content (AvgIpc) is 2.08. The molecule has 0 saturated carbocycles. The fourth-order valence-corrected chi connectivity index (χ4v) is 1.35. The van der Waals surface area contributed by atoms with Crippen LogP contribution in [0.3, 0.4) is 0 Å². The second kappa shape index (κ2) is 9.51. The molecule has 0 aromatic carbocycles. The minimum Gasteiger partial charge on any atom is -0.381 e. The van der Waals surface area contributed by atoms with E-state index in [1.807, 2.05) is 0 Å². The molecule has 0 heterocycles. The van der Waals surface area contributed by atoms with Crippen LogP contribution in [0.25, 0.3) is 0 Å². The second-order valence-electron chi connectivity index (χ2n) is 5.04. The van der Waals surface area contributed by atoms with Gasteiger partial charge in [-0.3, -0.25) is 0 Å². The third kappa shape index (κ3) is 12.0. The molecule has 0 atom stereocenters. The van der Waals surface area contributed by atoms with Gasteiger partial charge >= 0.3 is 0 Å². The third-order valence-corrected chi connectivity index (χ3v) is 2.41. The minimum absolute atomic E-state index is 0.774. The van der Waals surface area contributed by atoms with Gasteiger partial charge in [-0.05, 0) is 24.7 Å². The predicted molar refractivity (Wildman–Crippen MR) is 63.6 cm³/mol. The zero-order valence-corrected chi connectivity index (χ0v) is 10.5. The summed E-state index contributed by atoms with van der Waals surface area (Å²) in [6.07, 6.45) is 6.51. The summed E-state index contributed by atoms with van der Waals surface area (Å²) in [4.78, 5) is 0. The minimum atomic E-state index is 0.774. The van der Waals surface area contributed by atoms with Crippen molar-refractivity contribution >= 4 is 0 Å². The molecule has 0 rings (SSSR count). The van der Waals surface area contributed by atoms with Crippen molar-refractivity contribution in [1.82, 2.24) is 0 Å². The molecule has 0 spiro atoms. The van der Waals surface area contributed by atoms with Gasteiger partial charge in [0.2, 0.25) is 0 Å². The van der Waals surface area contributed by atoms with Crippen molar-refractivity contribution in [3.63, 3.8) is 0 Å². The Morgan fingerprint density at radius 1 is 0.714 bits per heavy atom. The molecule has 1 heteroatoms.